The van der Waals surface area contributed by atoms with Crippen molar-refractivity contribution in [2.24, 2.45) is 17.8 Å². The Kier molecular flexibility index (Phi) is 6.69. The molecule has 3 atom stereocenters. The third-order valence-corrected chi connectivity index (χ3v) is 4.15. The van der Waals surface area contributed by atoms with Gasteiger partial charge in [-0.1, -0.05) is 40.5 Å². The van der Waals surface area contributed by atoms with Crippen molar-refractivity contribution in [2.45, 2.75) is 59.4 Å². The molecule has 3 heteroatoms. The normalized spacial score (nSPS) is 26.1. The number of hydrogen-bond acceptors (Lipinski definition) is 2. The minimum Gasteiger partial charge on any atom is -0.353 e. The molecule has 0 aromatic heterocycles. The van der Waals surface area contributed by atoms with Gasteiger partial charge in [-0.3, -0.25) is 4.79 Å². The van der Waals surface area contributed by atoms with Gasteiger partial charge in [0.25, 0.3) is 0 Å². The molecule has 0 radical (unpaired) electrons. The van der Waals surface area contributed by atoms with Gasteiger partial charge in [0.2, 0.25) is 5.91 Å². The summed E-state index contributed by atoms with van der Waals surface area (Å²) in [7, 11) is 0. The van der Waals surface area contributed by atoms with E-state index in [-0.39, 0.29) is 11.8 Å². The molecule has 1 rings (SSSR count). The standard InChI is InChI=1S/C15H30N2O/c1-5-16-10-12(4)15(18)17-14-9-7-6-8-13(14)11(2)3/h11-14,16H,5-10H2,1-4H3,(H,17,18). The lowest BCUT2D eigenvalue weighted by Gasteiger charge is -2.35. The van der Waals surface area contributed by atoms with Crippen LogP contribution in [-0.2, 0) is 4.79 Å². The van der Waals surface area contributed by atoms with Crippen LogP contribution in [-0.4, -0.2) is 25.0 Å². The van der Waals surface area contributed by atoms with Crippen molar-refractivity contribution in [2.75, 3.05) is 13.1 Å². The highest BCUT2D eigenvalue weighted by atomic mass is 16.1. The van der Waals surface area contributed by atoms with Crippen LogP contribution in [0, 0.1) is 17.8 Å². The molecule has 18 heavy (non-hydrogen) atoms. The van der Waals surface area contributed by atoms with Gasteiger partial charge in [0, 0.05) is 18.5 Å². The van der Waals surface area contributed by atoms with Crippen LogP contribution in [0.1, 0.15) is 53.4 Å². The van der Waals surface area contributed by atoms with E-state index in [1.807, 2.05) is 6.92 Å². The molecule has 1 aliphatic rings. The van der Waals surface area contributed by atoms with Crippen LogP contribution < -0.4 is 10.6 Å². The average Bonchev–Trinajstić information content (AvgIpc) is 2.36. The summed E-state index contributed by atoms with van der Waals surface area (Å²) in [4.78, 5) is 12.1. The molecule has 1 fully saturated rings. The van der Waals surface area contributed by atoms with Crippen molar-refractivity contribution in [3.63, 3.8) is 0 Å². The highest BCUT2D eigenvalue weighted by molar-refractivity contribution is 5.78. The lowest BCUT2D eigenvalue weighted by atomic mass is 9.77. The first-order chi connectivity index (χ1) is 8.56. The fourth-order valence-electron chi connectivity index (χ4n) is 2.92. The predicted octanol–water partition coefficient (Wildman–Crippen LogP) is 2.56. The summed E-state index contributed by atoms with van der Waals surface area (Å²) >= 11 is 0. The summed E-state index contributed by atoms with van der Waals surface area (Å²) in [6.45, 7) is 10.3. The first kappa shape index (κ1) is 15.5. The van der Waals surface area contributed by atoms with E-state index in [0.717, 1.165) is 19.5 Å². The first-order valence-electron chi connectivity index (χ1n) is 7.57. The summed E-state index contributed by atoms with van der Waals surface area (Å²) in [5, 5.41) is 6.52. The Hall–Kier alpha value is -0.570. The Morgan fingerprint density at radius 2 is 1.89 bits per heavy atom. The number of carbonyl (C=O) groups is 1. The van der Waals surface area contributed by atoms with Crippen molar-refractivity contribution in [3.05, 3.63) is 0 Å². The zero-order valence-electron chi connectivity index (χ0n) is 12.5. The van der Waals surface area contributed by atoms with Crippen LogP contribution in [0.4, 0.5) is 0 Å². The van der Waals surface area contributed by atoms with E-state index >= 15 is 0 Å². The molecule has 0 heterocycles. The van der Waals surface area contributed by atoms with Gasteiger partial charge < -0.3 is 10.6 Å². The maximum absolute atomic E-state index is 12.1. The molecular formula is C15H30N2O. The molecule has 0 spiro atoms. The second kappa shape index (κ2) is 7.78. The van der Waals surface area contributed by atoms with Gasteiger partial charge in [0.05, 0.1) is 0 Å². The van der Waals surface area contributed by atoms with Gasteiger partial charge in [-0.15, -0.1) is 0 Å². The van der Waals surface area contributed by atoms with Crippen molar-refractivity contribution in [1.29, 1.82) is 0 Å². The Balaban J connectivity index is 2.45. The monoisotopic (exact) mass is 254 g/mol. The van der Waals surface area contributed by atoms with Crippen LogP contribution in [0.5, 0.6) is 0 Å². The highest BCUT2D eigenvalue weighted by Gasteiger charge is 2.29. The van der Waals surface area contributed by atoms with Crippen molar-refractivity contribution >= 4 is 5.91 Å². The number of rotatable bonds is 6. The second-order valence-corrected chi connectivity index (χ2v) is 6.02. The molecule has 1 saturated carbocycles. The Labute approximate surface area is 112 Å². The molecule has 1 amide bonds. The van der Waals surface area contributed by atoms with Gasteiger partial charge in [-0.2, -0.15) is 0 Å². The third-order valence-electron chi connectivity index (χ3n) is 4.15. The smallest absolute Gasteiger partial charge is 0.224 e. The van der Waals surface area contributed by atoms with Crippen LogP contribution in [0.25, 0.3) is 0 Å². The second-order valence-electron chi connectivity index (χ2n) is 6.02. The van der Waals surface area contributed by atoms with E-state index in [0.29, 0.717) is 17.9 Å². The Morgan fingerprint density at radius 3 is 2.50 bits per heavy atom. The zero-order chi connectivity index (χ0) is 13.5. The summed E-state index contributed by atoms with van der Waals surface area (Å²) < 4.78 is 0. The Morgan fingerprint density at radius 1 is 1.22 bits per heavy atom. The summed E-state index contributed by atoms with van der Waals surface area (Å²) in [6.07, 6.45) is 5.00. The zero-order valence-corrected chi connectivity index (χ0v) is 12.5. The highest BCUT2D eigenvalue weighted by Crippen LogP contribution is 2.30. The molecular weight excluding hydrogens is 224 g/mol. The van der Waals surface area contributed by atoms with Gasteiger partial charge in [-0.25, -0.2) is 0 Å². The van der Waals surface area contributed by atoms with Crippen LogP contribution in [0.15, 0.2) is 0 Å². The number of carbonyl (C=O) groups excluding carboxylic acids is 1. The van der Waals surface area contributed by atoms with Gasteiger partial charge >= 0.3 is 0 Å². The van der Waals surface area contributed by atoms with Crippen LogP contribution in [0.2, 0.25) is 0 Å². The first-order valence-corrected chi connectivity index (χ1v) is 7.57. The largest absolute Gasteiger partial charge is 0.353 e. The van der Waals surface area contributed by atoms with E-state index in [4.69, 9.17) is 0 Å². The lowest BCUT2D eigenvalue weighted by molar-refractivity contribution is -0.125. The van der Waals surface area contributed by atoms with E-state index in [9.17, 15) is 4.79 Å². The lowest BCUT2D eigenvalue weighted by Crippen LogP contribution is -2.47. The molecule has 0 saturated heterocycles. The average molecular weight is 254 g/mol. The maximum Gasteiger partial charge on any atom is 0.224 e. The topological polar surface area (TPSA) is 41.1 Å². The van der Waals surface area contributed by atoms with Gasteiger partial charge in [0.1, 0.15) is 0 Å². The molecule has 106 valence electrons. The van der Waals surface area contributed by atoms with Gasteiger partial charge in [-0.05, 0) is 31.2 Å². The summed E-state index contributed by atoms with van der Waals surface area (Å²) in [6, 6.07) is 0.398. The Bertz CT molecular complexity index is 253. The van der Waals surface area contributed by atoms with Crippen LogP contribution in [0.3, 0.4) is 0 Å². The number of hydrogen-bond donors (Lipinski definition) is 2. The van der Waals surface area contributed by atoms with E-state index in [1.165, 1.54) is 19.3 Å². The molecule has 3 unspecified atom stereocenters. The van der Waals surface area contributed by atoms with Crippen LogP contribution >= 0.6 is 0 Å². The molecule has 0 aliphatic heterocycles. The summed E-state index contributed by atoms with van der Waals surface area (Å²) in [5.74, 6) is 1.61. The van der Waals surface area contributed by atoms with E-state index < -0.39 is 0 Å². The molecule has 0 aromatic carbocycles. The van der Waals surface area contributed by atoms with Crippen molar-refractivity contribution < 1.29 is 4.79 Å². The number of amides is 1. The maximum atomic E-state index is 12.1. The molecule has 2 N–H and O–H groups in total. The van der Waals surface area contributed by atoms with Crippen molar-refractivity contribution in [1.82, 2.24) is 10.6 Å². The van der Waals surface area contributed by atoms with E-state index in [2.05, 4.69) is 31.4 Å². The molecule has 0 bridgehead atoms. The molecule has 0 aromatic rings. The van der Waals surface area contributed by atoms with Crippen molar-refractivity contribution in [3.8, 4) is 0 Å². The molecule has 1 aliphatic carbocycles. The predicted molar refractivity (Wildman–Crippen MR) is 76.4 cm³/mol. The fraction of sp³-hybridized carbons (Fsp3) is 0.933. The third kappa shape index (κ3) is 4.60. The molecule has 3 nitrogen and oxygen atoms in total. The minimum absolute atomic E-state index is 0.0692. The minimum atomic E-state index is 0.0692. The SMILES string of the molecule is CCNCC(C)C(=O)NC1CCCCC1C(C)C. The number of nitrogens with one attached hydrogen (secondary N) is 2. The summed E-state index contributed by atoms with van der Waals surface area (Å²) in [5.41, 5.74) is 0. The van der Waals surface area contributed by atoms with Gasteiger partial charge in [0.15, 0.2) is 0 Å². The quantitative estimate of drug-likeness (QED) is 0.765. The fourth-order valence-corrected chi connectivity index (χ4v) is 2.92. The van der Waals surface area contributed by atoms with E-state index in [1.54, 1.807) is 0 Å².